The Kier molecular flexibility index (Phi) is 5.11. The summed E-state index contributed by atoms with van der Waals surface area (Å²) in [5.74, 6) is -0.214. The lowest BCUT2D eigenvalue weighted by atomic mass is 10.1. The molecule has 0 aliphatic rings. The molecule has 1 aromatic carbocycles. The van der Waals surface area contributed by atoms with Gasteiger partial charge in [-0.2, -0.15) is 0 Å². The highest BCUT2D eigenvalue weighted by Gasteiger charge is 2.12. The number of nitrogens with two attached hydrogens (primary N) is 1. The van der Waals surface area contributed by atoms with Crippen molar-refractivity contribution in [3.63, 3.8) is 0 Å². The van der Waals surface area contributed by atoms with E-state index < -0.39 is 5.91 Å². The third-order valence-electron chi connectivity index (χ3n) is 3.07. The van der Waals surface area contributed by atoms with Gasteiger partial charge in [-0.25, -0.2) is 4.98 Å². The smallest absolute Gasteiger partial charge is 0.254 e. The zero-order valence-corrected chi connectivity index (χ0v) is 12.4. The minimum absolute atomic E-state index is 0.311. The zero-order chi connectivity index (χ0) is 15.2. The molecular formula is C16H21N3O2. The molecule has 0 saturated heterocycles. The summed E-state index contributed by atoms with van der Waals surface area (Å²) in [6, 6.07) is 9.75. The summed E-state index contributed by atoms with van der Waals surface area (Å²) in [4.78, 5) is 15.9. The van der Waals surface area contributed by atoms with Crippen LogP contribution in [-0.2, 0) is 0 Å². The maximum absolute atomic E-state index is 11.5. The van der Waals surface area contributed by atoms with Gasteiger partial charge >= 0.3 is 0 Å². The molecule has 3 N–H and O–H groups in total. The van der Waals surface area contributed by atoms with Crippen molar-refractivity contribution in [1.29, 1.82) is 0 Å². The fraction of sp³-hybridized carbons (Fsp3) is 0.375. The van der Waals surface area contributed by atoms with E-state index in [0.717, 1.165) is 23.9 Å². The number of aromatic nitrogens is 1. The van der Waals surface area contributed by atoms with Gasteiger partial charge in [0.15, 0.2) is 0 Å². The fourth-order valence-electron chi connectivity index (χ4n) is 2.02. The van der Waals surface area contributed by atoms with Gasteiger partial charge in [-0.3, -0.25) is 4.79 Å². The van der Waals surface area contributed by atoms with Crippen LogP contribution in [0.4, 0.5) is 0 Å². The Labute approximate surface area is 124 Å². The predicted octanol–water partition coefficient (Wildman–Crippen LogP) is 2.10. The van der Waals surface area contributed by atoms with Gasteiger partial charge in [0.1, 0.15) is 5.56 Å². The average Bonchev–Trinajstić information content (AvgIpc) is 2.45. The van der Waals surface area contributed by atoms with Crippen molar-refractivity contribution >= 4 is 16.8 Å². The summed E-state index contributed by atoms with van der Waals surface area (Å²) in [5.41, 5.74) is 6.52. The Balaban J connectivity index is 2.10. The van der Waals surface area contributed by atoms with Gasteiger partial charge in [-0.05, 0) is 25.1 Å². The number of rotatable bonds is 7. The SMILES string of the molecule is CC(C)NCCCOc1nc2ccccc2cc1C(N)=O. The first kappa shape index (κ1) is 15.3. The number of para-hydroxylation sites is 1. The molecule has 1 amide bonds. The first-order chi connectivity index (χ1) is 10.1. The van der Waals surface area contributed by atoms with E-state index in [1.165, 1.54) is 0 Å². The normalized spacial score (nSPS) is 11.0. The zero-order valence-electron chi connectivity index (χ0n) is 12.4. The van der Waals surface area contributed by atoms with Crippen LogP contribution in [0.15, 0.2) is 30.3 Å². The first-order valence-electron chi connectivity index (χ1n) is 7.13. The van der Waals surface area contributed by atoms with E-state index in [1.54, 1.807) is 6.07 Å². The monoisotopic (exact) mass is 287 g/mol. The van der Waals surface area contributed by atoms with Gasteiger partial charge < -0.3 is 15.8 Å². The number of nitrogens with one attached hydrogen (secondary N) is 1. The van der Waals surface area contributed by atoms with Crippen LogP contribution in [0.1, 0.15) is 30.6 Å². The molecule has 5 heteroatoms. The predicted molar refractivity (Wildman–Crippen MR) is 83.5 cm³/mol. The number of hydrogen-bond donors (Lipinski definition) is 2. The Bertz CT molecular complexity index is 626. The molecule has 0 aliphatic carbocycles. The summed E-state index contributed by atoms with van der Waals surface area (Å²) >= 11 is 0. The Hall–Kier alpha value is -2.14. The van der Waals surface area contributed by atoms with Crippen LogP contribution in [0.5, 0.6) is 5.88 Å². The van der Waals surface area contributed by atoms with Gasteiger partial charge in [0, 0.05) is 11.4 Å². The third-order valence-corrected chi connectivity index (χ3v) is 3.07. The topological polar surface area (TPSA) is 77.2 Å². The highest BCUT2D eigenvalue weighted by molar-refractivity contribution is 5.98. The van der Waals surface area contributed by atoms with Gasteiger partial charge in [0.25, 0.3) is 5.91 Å². The van der Waals surface area contributed by atoms with Crippen molar-refractivity contribution in [2.45, 2.75) is 26.3 Å². The molecule has 0 bridgehead atoms. The summed E-state index contributed by atoms with van der Waals surface area (Å²) in [6.07, 6.45) is 0.838. The number of fused-ring (bicyclic) bond motifs is 1. The van der Waals surface area contributed by atoms with Gasteiger partial charge in [0.05, 0.1) is 12.1 Å². The number of carbonyl (C=O) groups excluding carboxylic acids is 1. The van der Waals surface area contributed by atoms with Crippen LogP contribution < -0.4 is 15.8 Å². The number of carbonyl (C=O) groups is 1. The molecule has 2 rings (SSSR count). The lowest BCUT2D eigenvalue weighted by Gasteiger charge is -2.11. The number of nitrogens with zero attached hydrogens (tertiary/aromatic N) is 1. The maximum atomic E-state index is 11.5. The van der Waals surface area contributed by atoms with Gasteiger partial charge in [-0.15, -0.1) is 0 Å². The Morgan fingerprint density at radius 3 is 2.86 bits per heavy atom. The molecule has 0 radical (unpaired) electrons. The molecule has 0 aliphatic heterocycles. The van der Waals surface area contributed by atoms with Crippen molar-refractivity contribution in [3.05, 3.63) is 35.9 Å². The third kappa shape index (κ3) is 4.16. The van der Waals surface area contributed by atoms with E-state index >= 15 is 0 Å². The fourth-order valence-corrected chi connectivity index (χ4v) is 2.02. The van der Waals surface area contributed by atoms with Crippen molar-refractivity contribution in [2.75, 3.05) is 13.2 Å². The number of ether oxygens (including phenoxy) is 1. The molecule has 0 saturated carbocycles. The maximum Gasteiger partial charge on any atom is 0.254 e. The molecule has 21 heavy (non-hydrogen) atoms. The van der Waals surface area contributed by atoms with E-state index in [1.807, 2.05) is 24.3 Å². The molecule has 0 fully saturated rings. The van der Waals surface area contributed by atoms with Crippen LogP contribution in [-0.4, -0.2) is 30.1 Å². The van der Waals surface area contributed by atoms with E-state index in [9.17, 15) is 4.79 Å². The van der Waals surface area contributed by atoms with Crippen LogP contribution in [0.3, 0.4) is 0 Å². The highest BCUT2D eigenvalue weighted by Crippen LogP contribution is 2.22. The second kappa shape index (κ2) is 7.04. The van der Waals surface area contributed by atoms with Crippen molar-refractivity contribution < 1.29 is 9.53 Å². The largest absolute Gasteiger partial charge is 0.477 e. The number of hydrogen-bond acceptors (Lipinski definition) is 4. The Morgan fingerprint density at radius 1 is 1.38 bits per heavy atom. The van der Waals surface area contributed by atoms with E-state index in [-0.39, 0.29) is 0 Å². The van der Waals surface area contributed by atoms with Gasteiger partial charge in [-0.1, -0.05) is 32.0 Å². The molecule has 5 nitrogen and oxygen atoms in total. The molecule has 0 spiro atoms. The second-order valence-electron chi connectivity index (χ2n) is 5.21. The van der Waals surface area contributed by atoms with E-state index in [0.29, 0.717) is 24.1 Å². The number of benzene rings is 1. The quantitative estimate of drug-likeness (QED) is 0.765. The molecule has 0 unspecified atom stereocenters. The van der Waals surface area contributed by atoms with Crippen molar-refractivity contribution in [2.24, 2.45) is 5.73 Å². The van der Waals surface area contributed by atoms with Crippen LogP contribution in [0.25, 0.3) is 10.9 Å². The van der Waals surface area contributed by atoms with Crippen LogP contribution >= 0.6 is 0 Å². The van der Waals surface area contributed by atoms with Crippen LogP contribution in [0.2, 0.25) is 0 Å². The minimum atomic E-state index is -0.524. The molecule has 1 heterocycles. The van der Waals surface area contributed by atoms with E-state index in [2.05, 4.69) is 24.1 Å². The van der Waals surface area contributed by atoms with Crippen LogP contribution in [0, 0.1) is 0 Å². The number of pyridine rings is 1. The molecule has 2 aromatic rings. The lowest BCUT2D eigenvalue weighted by Crippen LogP contribution is -2.25. The summed E-state index contributed by atoms with van der Waals surface area (Å²) in [7, 11) is 0. The van der Waals surface area contributed by atoms with E-state index in [4.69, 9.17) is 10.5 Å². The lowest BCUT2D eigenvalue weighted by molar-refractivity contribution is 0.0995. The number of amides is 1. The molecular weight excluding hydrogens is 266 g/mol. The number of primary amides is 1. The standard InChI is InChI=1S/C16H21N3O2/c1-11(2)18-8-5-9-21-16-13(15(17)20)10-12-6-3-4-7-14(12)19-16/h3-4,6-7,10-11,18H,5,8-9H2,1-2H3,(H2,17,20). The summed E-state index contributed by atoms with van der Waals surface area (Å²) < 4.78 is 5.64. The highest BCUT2D eigenvalue weighted by atomic mass is 16.5. The average molecular weight is 287 g/mol. The van der Waals surface area contributed by atoms with Crippen molar-refractivity contribution in [1.82, 2.24) is 10.3 Å². The first-order valence-corrected chi connectivity index (χ1v) is 7.13. The van der Waals surface area contributed by atoms with Crippen molar-refractivity contribution in [3.8, 4) is 5.88 Å². The van der Waals surface area contributed by atoms with Gasteiger partial charge in [0.2, 0.25) is 5.88 Å². The Morgan fingerprint density at radius 2 is 2.14 bits per heavy atom. The summed E-state index contributed by atoms with van der Waals surface area (Å²) in [6.45, 7) is 5.54. The molecule has 0 atom stereocenters. The molecule has 112 valence electrons. The summed E-state index contributed by atoms with van der Waals surface area (Å²) in [5, 5.41) is 4.18. The second-order valence-corrected chi connectivity index (χ2v) is 5.21. The molecule has 1 aromatic heterocycles. The minimum Gasteiger partial charge on any atom is -0.477 e.